The lowest BCUT2D eigenvalue weighted by molar-refractivity contribution is -0.116. The highest BCUT2D eigenvalue weighted by atomic mass is 35.5. The van der Waals surface area contributed by atoms with Gasteiger partial charge in [-0.25, -0.2) is 0 Å². The van der Waals surface area contributed by atoms with Crippen molar-refractivity contribution in [1.29, 1.82) is 0 Å². The fourth-order valence-electron chi connectivity index (χ4n) is 2.66. The van der Waals surface area contributed by atoms with Crippen molar-refractivity contribution in [3.05, 3.63) is 94.0 Å². The second kappa shape index (κ2) is 9.40. The minimum absolute atomic E-state index is 0.146. The first-order valence-corrected chi connectivity index (χ1v) is 9.42. The average molecular weight is 413 g/mol. The lowest BCUT2D eigenvalue weighted by atomic mass is 10.1. The lowest BCUT2D eigenvalue weighted by Gasteiger charge is -2.09. The van der Waals surface area contributed by atoms with Gasteiger partial charge in [-0.3, -0.25) is 9.59 Å². The van der Waals surface area contributed by atoms with E-state index in [1.54, 1.807) is 48.5 Å². The summed E-state index contributed by atoms with van der Waals surface area (Å²) in [6.07, 6.45) is 0.481. The second-order valence-electron chi connectivity index (χ2n) is 6.28. The summed E-state index contributed by atoms with van der Waals surface area (Å²) in [5.74, 6) is -0.293. The molecular formula is C22H18Cl2N2O2. The first-order chi connectivity index (χ1) is 13.5. The Kier molecular flexibility index (Phi) is 6.69. The topological polar surface area (TPSA) is 58.2 Å². The van der Waals surface area contributed by atoms with E-state index in [2.05, 4.69) is 10.6 Å². The van der Waals surface area contributed by atoms with E-state index in [0.717, 1.165) is 11.1 Å². The lowest BCUT2D eigenvalue weighted by Crippen LogP contribution is -2.16. The largest absolute Gasteiger partial charge is 0.326 e. The van der Waals surface area contributed by atoms with E-state index in [9.17, 15) is 9.59 Å². The maximum atomic E-state index is 12.2. The molecule has 28 heavy (non-hydrogen) atoms. The number of amides is 2. The highest BCUT2D eigenvalue weighted by Gasteiger charge is 2.07. The van der Waals surface area contributed by atoms with Gasteiger partial charge in [-0.05, 0) is 53.6 Å². The molecular weight excluding hydrogens is 395 g/mol. The molecule has 0 aliphatic carbocycles. The minimum Gasteiger partial charge on any atom is -0.326 e. The third-order valence-electron chi connectivity index (χ3n) is 3.99. The molecule has 0 fully saturated rings. The number of benzene rings is 3. The maximum absolute atomic E-state index is 12.2. The number of rotatable bonds is 6. The molecule has 0 atom stereocenters. The van der Waals surface area contributed by atoms with Crippen molar-refractivity contribution in [3.8, 4) is 0 Å². The van der Waals surface area contributed by atoms with Gasteiger partial charge in [0.25, 0.3) is 0 Å². The molecule has 0 saturated carbocycles. The number of nitrogens with one attached hydrogen (secondary N) is 2. The van der Waals surface area contributed by atoms with Crippen LogP contribution >= 0.6 is 23.2 Å². The predicted molar refractivity (Wildman–Crippen MR) is 114 cm³/mol. The zero-order valence-electron chi connectivity index (χ0n) is 14.9. The van der Waals surface area contributed by atoms with Crippen LogP contribution in [0.1, 0.15) is 11.1 Å². The average Bonchev–Trinajstić information content (AvgIpc) is 2.66. The number of hydrogen-bond acceptors (Lipinski definition) is 2. The van der Waals surface area contributed by atoms with Crippen LogP contribution in [-0.2, 0) is 22.4 Å². The van der Waals surface area contributed by atoms with Crippen LogP contribution in [0.3, 0.4) is 0 Å². The van der Waals surface area contributed by atoms with Crippen LogP contribution in [0.25, 0.3) is 0 Å². The van der Waals surface area contributed by atoms with Crippen molar-refractivity contribution in [2.45, 2.75) is 12.8 Å². The van der Waals surface area contributed by atoms with Gasteiger partial charge in [0.1, 0.15) is 0 Å². The van der Waals surface area contributed by atoms with Crippen molar-refractivity contribution >= 4 is 46.4 Å². The smallest absolute Gasteiger partial charge is 0.228 e. The molecule has 3 rings (SSSR count). The van der Waals surface area contributed by atoms with Gasteiger partial charge in [0.05, 0.1) is 12.8 Å². The van der Waals surface area contributed by atoms with Crippen LogP contribution in [0.15, 0.2) is 72.8 Å². The van der Waals surface area contributed by atoms with E-state index < -0.39 is 0 Å². The molecule has 6 heteroatoms. The number of hydrogen-bond donors (Lipinski definition) is 2. The molecule has 3 aromatic rings. The van der Waals surface area contributed by atoms with Gasteiger partial charge < -0.3 is 10.6 Å². The van der Waals surface area contributed by atoms with Crippen molar-refractivity contribution in [3.63, 3.8) is 0 Å². The van der Waals surface area contributed by atoms with Crippen LogP contribution in [0.4, 0.5) is 11.4 Å². The third kappa shape index (κ3) is 6.12. The van der Waals surface area contributed by atoms with E-state index in [-0.39, 0.29) is 24.7 Å². The van der Waals surface area contributed by atoms with Gasteiger partial charge in [0.2, 0.25) is 11.8 Å². The fourth-order valence-corrected chi connectivity index (χ4v) is 2.91. The van der Waals surface area contributed by atoms with Crippen LogP contribution in [0, 0.1) is 0 Å². The Morgan fingerprint density at radius 2 is 1.04 bits per heavy atom. The zero-order chi connectivity index (χ0) is 19.9. The Labute approximate surface area is 173 Å². The molecule has 2 N–H and O–H groups in total. The van der Waals surface area contributed by atoms with E-state index in [0.29, 0.717) is 21.4 Å². The number of anilines is 2. The second-order valence-corrected chi connectivity index (χ2v) is 7.16. The van der Waals surface area contributed by atoms with E-state index >= 15 is 0 Å². The first kappa shape index (κ1) is 19.9. The molecule has 0 aliphatic rings. The molecule has 0 spiro atoms. The summed E-state index contributed by atoms with van der Waals surface area (Å²) >= 11 is 11.7. The van der Waals surface area contributed by atoms with E-state index in [4.69, 9.17) is 23.2 Å². The standard InChI is InChI=1S/C22H18Cl2N2O2/c23-17-8-4-15(5-9-17)12-21(27)25-19-2-1-3-20(14-19)26-22(28)13-16-6-10-18(24)11-7-16/h1-11,14H,12-13H2,(H,25,27)(H,26,28). The van der Waals surface area contributed by atoms with Gasteiger partial charge in [-0.1, -0.05) is 53.5 Å². The molecule has 0 unspecified atom stereocenters. The summed E-state index contributed by atoms with van der Waals surface area (Å²) < 4.78 is 0. The van der Waals surface area contributed by atoms with Crippen molar-refractivity contribution < 1.29 is 9.59 Å². The monoisotopic (exact) mass is 412 g/mol. The Morgan fingerprint density at radius 1 is 0.643 bits per heavy atom. The van der Waals surface area contributed by atoms with Crippen molar-refractivity contribution in [1.82, 2.24) is 0 Å². The number of carbonyl (C=O) groups is 2. The highest BCUT2D eigenvalue weighted by molar-refractivity contribution is 6.30. The molecule has 0 bridgehead atoms. The molecule has 142 valence electrons. The zero-order valence-corrected chi connectivity index (χ0v) is 16.4. The Bertz CT molecular complexity index is 894. The van der Waals surface area contributed by atoms with Crippen LogP contribution in [-0.4, -0.2) is 11.8 Å². The van der Waals surface area contributed by atoms with Crippen LogP contribution < -0.4 is 10.6 Å². The van der Waals surface area contributed by atoms with Gasteiger partial charge in [-0.15, -0.1) is 0 Å². The maximum Gasteiger partial charge on any atom is 0.228 e. The molecule has 0 saturated heterocycles. The summed E-state index contributed by atoms with van der Waals surface area (Å²) in [7, 11) is 0. The summed E-state index contributed by atoms with van der Waals surface area (Å²) in [5.41, 5.74) is 2.97. The van der Waals surface area contributed by atoms with Gasteiger partial charge in [0, 0.05) is 21.4 Å². The van der Waals surface area contributed by atoms with E-state index in [1.165, 1.54) is 0 Å². The van der Waals surface area contributed by atoms with Crippen LogP contribution in [0.5, 0.6) is 0 Å². The highest BCUT2D eigenvalue weighted by Crippen LogP contribution is 2.17. The van der Waals surface area contributed by atoms with Crippen LogP contribution in [0.2, 0.25) is 10.0 Å². The SMILES string of the molecule is O=C(Cc1ccc(Cl)cc1)Nc1cccc(NC(=O)Cc2ccc(Cl)cc2)c1. The van der Waals surface area contributed by atoms with Crippen molar-refractivity contribution in [2.24, 2.45) is 0 Å². The summed E-state index contributed by atoms with van der Waals surface area (Å²) in [4.78, 5) is 24.5. The van der Waals surface area contributed by atoms with Gasteiger partial charge in [0.15, 0.2) is 0 Å². The fraction of sp³-hybridized carbons (Fsp3) is 0.0909. The van der Waals surface area contributed by atoms with Crippen molar-refractivity contribution in [2.75, 3.05) is 10.6 Å². The predicted octanol–water partition coefficient (Wildman–Crippen LogP) is 5.36. The molecule has 0 radical (unpaired) electrons. The number of carbonyl (C=O) groups excluding carboxylic acids is 2. The molecule has 3 aromatic carbocycles. The normalized spacial score (nSPS) is 10.4. The summed E-state index contributed by atoms with van der Waals surface area (Å²) in [6, 6.07) is 21.3. The molecule has 0 heterocycles. The van der Waals surface area contributed by atoms with Gasteiger partial charge in [-0.2, -0.15) is 0 Å². The van der Waals surface area contributed by atoms with Gasteiger partial charge >= 0.3 is 0 Å². The summed E-state index contributed by atoms with van der Waals surface area (Å²) in [5, 5.41) is 6.93. The summed E-state index contributed by atoms with van der Waals surface area (Å²) in [6.45, 7) is 0. The third-order valence-corrected chi connectivity index (χ3v) is 4.49. The van der Waals surface area contributed by atoms with E-state index in [1.807, 2.05) is 24.3 Å². The first-order valence-electron chi connectivity index (χ1n) is 8.66. The molecule has 0 aromatic heterocycles. The molecule has 0 aliphatic heterocycles. The Balaban J connectivity index is 1.57. The minimum atomic E-state index is -0.146. The quantitative estimate of drug-likeness (QED) is 0.572. The number of halogens is 2. The molecule has 4 nitrogen and oxygen atoms in total. The Morgan fingerprint density at radius 3 is 1.43 bits per heavy atom. The molecule has 2 amide bonds. The Hall–Kier alpha value is -2.82.